The van der Waals surface area contributed by atoms with Crippen LogP contribution in [0.1, 0.15) is 16.1 Å². The lowest BCUT2D eigenvalue weighted by atomic mass is 10.1. The third-order valence-electron chi connectivity index (χ3n) is 4.29. The molecule has 0 aliphatic carbocycles. The lowest BCUT2D eigenvalue weighted by molar-refractivity contribution is 0.102. The van der Waals surface area contributed by atoms with Crippen molar-refractivity contribution < 1.29 is 4.79 Å². The molecule has 3 aromatic rings. The van der Waals surface area contributed by atoms with Crippen LogP contribution in [0, 0.1) is 0 Å². The molecule has 0 aliphatic heterocycles. The molecule has 28 heavy (non-hydrogen) atoms. The van der Waals surface area contributed by atoms with E-state index in [1.807, 2.05) is 73.6 Å². The molecule has 0 atom stereocenters. The molecule has 2 N–H and O–H groups in total. The van der Waals surface area contributed by atoms with Gasteiger partial charge in [-0.1, -0.05) is 23.7 Å². The van der Waals surface area contributed by atoms with Gasteiger partial charge in [0.05, 0.1) is 0 Å². The van der Waals surface area contributed by atoms with Crippen molar-refractivity contribution in [2.24, 2.45) is 0 Å². The zero-order valence-corrected chi connectivity index (χ0v) is 16.7. The number of nitrogens with one attached hydrogen (secondary N) is 2. The van der Waals surface area contributed by atoms with Gasteiger partial charge in [-0.25, -0.2) is 0 Å². The Labute approximate surface area is 170 Å². The van der Waals surface area contributed by atoms with Crippen LogP contribution >= 0.6 is 11.6 Å². The fourth-order valence-corrected chi connectivity index (χ4v) is 2.83. The number of carbonyl (C=O) groups is 1. The molecule has 144 valence electrons. The fraction of sp³-hybridized carbons (Fsp3) is 0.182. The minimum atomic E-state index is -0.237. The van der Waals surface area contributed by atoms with E-state index in [0.717, 1.165) is 35.1 Å². The van der Waals surface area contributed by atoms with E-state index >= 15 is 0 Å². The van der Waals surface area contributed by atoms with E-state index in [1.54, 1.807) is 12.3 Å². The largest absolute Gasteiger partial charge is 0.385 e. The first kappa shape index (κ1) is 19.7. The fourth-order valence-electron chi connectivity index (χ4n) is 2.70. The first-order valence-electron chi connectivity index (χ1n) is 9.04. The minimum Gasteiger partial charge on any atom is -0.385 e. The quantitative estimate of drug-likeness (QED) is 0.609. The summed E-state index contributed by atoms with van der Waals surface area (Å²) in [6, 6.07) is 19.1. The molecule has 3 rings (SSSR count). The van der Waals surface area contributed by atoms with Crippen LogP contribution in [0.3, 0.4) is 0 Å². The molecule has 0 aliphatic rings. The highest BCUT2D eigenvalue weighted by Gasteiger charge is 2.09. The molecule has 1 heterocycles. The summed E-state index contributed by atoms with van der Waals surface area (Å²) >= 11 is 5.91. The molecular weight excluding hydrogens is 372 g/mol. The smallest absolute Gasteiger partial charge is 0.274 e. The molecule has 1 aromatic heterocycles. The van der Waals surface area contributed by atoms with Crippen molar-refractivity contribution >= 4 is 34.6 Å². The summed E-state index contributed by atoms with van der Waals surface area (Å²) in [5.74, 6) is -0.237. The third kappa shape index (κ3) is 5.47. The predicted molar refractivity (Wildman–Crippen MR) is 117 cm³/mol. The van der Waals surface area contributed by atoms with Crippen molar-refractivity contribution in [2.75, 3.05) is 36.2 Å². The standard InChI is InChI=1S/C22H23ClN4O/c1-27(2)20-9-7-18(8-10-20)26-22(28)21-15-19(12-14-25-21)24-13-11-16-3-5-17(23)6-4-16/h3-10,12,14-15H,11,13H2,1-2H3,(H,24,25)(H,26,28). The number of rotatable bonds is 7. The summed E-state index contributed by atoms with van der Waals surface area (Å²) in [5, 5.41) is 6.94. The molecular formula is C22H23ClN4O. The van der Waals surface area contributed by atoms with Crippen molar-refractivity contribution in [1.82, 2.24) is 4.98 Å². The van der Waals surface area contributed by atoms with Gasteiger partial charge in [0.1, 0.15) is 5.69 Å². The molecule has 1 amide bonds. The Morgan fingerprint density at radius 3 is 2.39 bits per heavy atom. The molecule has 6 heteroatoms. The van der Waals surface area contributed by atoms with Crippen molar-refractivity contribution in [3.63, 3.8) is 0 Å². The van der Waals surface area contributed by atoms with Gasteiger partial charge in [-0.05, 0) is 60.5 Å². The summed E-state index contributed by atoms with van der Waals surface area (Å²) in [4.78, 5) is 18.7. The van der Waals surface area contributed by atoms with E-state index < -0.39 is 0 Å². The highest BCUT2D eigenvalue weighted by molar-refractivity contribution is 6.30. The topological polar surface area (TPSA) is 57.3 Å². The van der Waals surface area contributed by atoms with Gasteiger partial charge in [0.25, 0.3) is 5.91 Å². The van der Waals surface area contributed by atoms with Gasteiger partial charge in [-0.2, -0.15) is 0 Å². The Morgan fingerprint density at radius 2 is 1.71 bits per heavy atom. The second-order valence-electron chi connectivity index (χ2n) is 6.63. The molecule has 0 bridgehead atoms. The number of nitrogens with zero attached hydrogens (tertiary/aromatic N) is 2. The van der Waals surface area contributed by atoms with E-state index in [4.69, 9.17) is 11.6 Å². The van der Waals surface area contributed by atoms with Crippen LogP contribution < -0.4 is 15.5 Å². The number of hydrogen-bond donors (Lipinski definition) is 2. The number of hydrogen-bond acceptors (Lipinski definition) is 4. The highest BCUT2D eigenvalue weighted by atomic mass is 35.5. The first-order valence-corrected chi connectivity index (χ1v) is 9.42. The van der Waals surface area contributed by atoms with E-state index in [2.05, 4.69) is 15.6 Å². The van der Waals surface area contributed by atoms with E-state index in [-0.39, 0.29) is 5.91 Å². The summed E-state index contributed by atoms with van der Waals surface area (Å²) < 4.78 is 0. The monoisotopic (exact) mass is 394 g/mol. The number of halogens is 1. The van der Waals surface area contributed by atoms with E-state index in [0.29, 0.717) is 5.69 Å². The number of anilines is 3. The lowest BCUT2D eigenvalue weighted by Crippen LogP contribution is -2.15. The van der Waals surface area contributed by atoms with Crippen molar-refractivity contribution in [2.45, 2.75) is 6.42 Å². The molecule has 0 saturated carbocycles. The van der Waals surface area contributed by atoms with Crippen LogP contribution in [0.2, 0.25) is 5.02 Å². The molecule has 0 radical (unpaired) electrons. The lowest BCUT2D eigenvalue weighted by Gasteiger charge is -2.13. The molecule has 2 aromatic carbocycles. The molecule has 0 fully saturated rings. The Bertz CT molecular complexity index is 924. The first-order chi connectivity index (χ1) is 13.5. The average molecular weight is 395 g/mol. The normalized spacial score (nSPS) is 10.4. The SMILES string of the molecule is CN(C)c1ccc(NC(=O)c2cc(NCCc3ccc(Cl)cc3)ccn2)cc1. The zero-order valence-electron chi connectivity index (χ0n) is 15.9. The van der Waals surface area contributed by atoms with E-state index in [1.165, 1.54) is 5.56 Å². The van der Waals surface area contributed by atoms with Crippen LogP contribution in [0.4, 0.5) is 17.1 Å². The van der Waals surface area contributed by atoms with Gasteiger partial charge in [0.2, 0.25) is 0 Å². The highest BCUT2D eigenvalue weighted by Crippen LogP contribution is 2.17. The molecule has 0 unspecified atom stereocenters. The van der Waals surface area contributed by atoms with Crippen LogP contribution in [0.25, 0.3) is 0 Å². The molecule has 5 nitrogen and oxygen atoms in total. The Hall–Kier alpha value is -3.05. The maximum atomic E-state index is 12.5. The van der Waals surface area contributed by atoms with Gasteiger partial charge in [0.15, 0.2) is 0 Å². The summed E-state index contributed by atoms with van der Waals surface area (Å²) in [6.45, 7) is 0.749. The van der Waals surface area contributed by atoms with Crippen molar-refractivity contribution in [3.8, 4) is 0 Å². The van der Waals surface area contributed by atoms with Crippen LogP contribution in [0.15, 0.2) is 66.9 Å². The maximum Gasteiger partial charge on any atom is 0.274 e. The third-order valence-corrected chi connectivity index (χ3v) is 4.54. The zero-order chi connectivity index (χ0) is 19.9. The molecule has 0 spiro atoms. The second kappa shape index (κ2) is 9.24. The Balaban J connectivity index is 1.57. The number of benzene rings is 2. The van der Waals surface area contributed by atoms with Gasteiger partial charge in [-0.3, -0.25) is 9.78 Å². The second-order valence-corrected chi connectivity index (χ2v) is 7.06. The number of carbonyl (C=O) groups excluding carboxylic acids is 1. The Kier molecular flexibility index (Phi) is 6.50. The van der Waals surface area contributed by atoms with Crippen LogP contribution in [0.5, 0.6) is 0 Å². The van der Waals surface area contributed by atoms with Crippen LogP contribution in [-0.4, -0.2) is 31.5 Å². The van der Waals surface area contributed by atoms with Crippen molar-refractivity contribution in [3.05, 3.63) is 83.1 Å². The van der Waals surface area contributed by atoms with Crippen LogP contribution in [-0.2, 0) is 6.42 Å². The van der Waals surface area contributed by atoms with Gasteiger partial charge in [-0.15, -0.1) is 0 Å². The predicted octanol–water partition coefficient (Wildman–Crippen LogP) is 4.71. The maximum absolute atomic E-state index is 12.5. The van der Waals surface area contributed by atoms with E-state index in [9.17, 15) is 4.79 Å². The van der Waals surface area contributed by atoms with Crippen molar-refractivity contribution in [1.29, 1.82) is 0 Å². The average Bonchev–Trinajstić information content (AvgIpc) is 2.70. The van der Waals surface area contributed by atoms with Gasteiger partial charge >= 0.3 is 0 Å². The summed E-state index contributed by atoms with van der Waals surface area (Å²) in [7, 11) is 3.95. The van der Waals surface area contributed by atoms with Gasteiger partial charge < -0.3 is 15.5 Å². The summed E-state index contributed by atoms with van der Waals surface area (Å²) in [6.07, 6.45) is 2.49. The van der Waals surface area contributed by atoms with Gasteiger partial charge in [0, 0.05) is 48.9 Å². The minimum absolute atomic E-state index is 0.237. The number of aromatic nitrogens is 1. The molecule has 0 saturated heterocycles. The Morgan fingerprint density at radius 1 is 1.00 bits per heavy atom. The number of pyridine rings is 1. The summed E-state index contributed by atoms with van der Waals surface area (Å²) in [5.41, 5.74) is 4.23. The number of amides is 1.